The molecule has 2 rings (SSSR count). The number of hydrogen-bond acceptors (Lipinski definition) is 7. The number of rotatable bonds is 7. The van der Waals surface area contributed by atoms with Gasteiger partial charge in [-0.1, -0.05) is 36.0 Å². The zero-order valence-corrected chi connectivity index (χ0v) is 18.2. The molecule has 0 aromatic carbocycles. The summed E-state index contributed by atoms with van der Waals surface area (Å²) in [5, 5.41) is 20.8. The van der Waals surface area contributed by atoms with Crippen molar-refractivity contribution in [2.24, 2.45) is 0 Å². The van der Waals surface area contributed by atoms with Crippen LogP contribution in [-0.2, 0) is 4.74 Å². The average molecular weight is 418 g/mol. The first-order valence-electron chi connectivity index (χ1n) is 9.60. The number of aliphatic hydroxyl groups is 2. The molecule has 30 heavy (non-hydrogen) atoms. The van der Waals surface area contributed by atoms with Gasteiger partial charge in [-0.3, -0.25) is 0 Å². The summed E-state index contributed by atoms with van der Waals surface area (Å²) in [4.78, 5) is 11.6. The van der Waals surface area contributed by atoms with E-state index in [1.54, 1.807) is 51.2 Å². The maximum atomic E-state index is 11.6. The highest BCUT2D eigenvalue weighted by Crippen LogP contribution is 2.39. The van der Waals surface area contributed by atoms with E-state index in [9.17, 15) is 15.0 Å². The van der Waals surface area contributed by atoms with Crippen LogP contribution in [0.5, 0.6) is 11.5 Å². The van der Waals surface area contributed by atoms with E-state index in [2.05, 4.69) is 0 Å². The van der Waals surface area contributed by atoms with Crippen molar-refractivity contribution in [3.8, 4) is 11.5 Å². The van der Waals surface area contributed by atoms with Crippen molar-refractivity contribution in [3.05, 3.63) is 64.3 Å². The summed E-state index contributed by atoms with van der Waals surface area (Å²) in [6.45, 7) is 6.94. The maximum absolute atomic E-state index is 11.6. The second-order valence-corrected chi connectivity index (χ2v) is 7.60. The summed E-state index contributed by atoms with van der Waals surface area (Å²) in [7, 11) is 2.91. The third-order valence-corrected chi connectivity index (χ3v) is 5.14. The Bertz CT molecular complexity index is 920. The van der Waals surface area contributed by atoms with Crippen LogP contribution in [0.4, 0.5) is 0 Å². The lowest BCUT2D eigenvalue weighted by Crippen LogP contribution is -2.47. The fourth-order valence-corrected chi connectivity index (χ4v) is 3.40. The molecular formula is C23H30O7. The van der Waals surface area contributed by atoms with Gasteiger partial charge in [-0.05, 0) is 39.8 Å². The summed E-state index contributed by atoms with van der Waals surface area (Å²) in [5.41, 5.74) is -1.94. The summed E-state index contributed by atoms with van der Waals surface area (Å²) < 4.78 is 21.3. The molecule has 7 heteroatoms. The standard InChI is InChI=1S/C23H30O7/c1-15(14-22(3)21(25)23(4,26)16(2)30-22)11-9-7-8-10-12-17-20(28-6)18(27-5)13-19(24)29-17/h7-14,16,21,25-26H,1-6H3/b8-7+,11-9+,12-10+,15-14+. The van der Waals surface area contributed by atoms with Crippen LogP contribution < -0.4 is 15.1 Å². The molecule has 4 atom stereocenters. The molecule has 164 valence electrons. The second-order valence-electron chi connectivity index (χ2n) is 7.60. The number of hydrogen-bond donors (Lipinski definition) is 2. The first-order valence-corrected chi connectivity index (χ1v) is 9.60. The van der Waals surface area contributed by atoms with E-state index in [1.807, 2.05) is 19.1 Å². The third-order valence-electron chi connectivity index (χ3n) is 5.14. The predicted octanol–water partition coefficient (Wildman–Crippen LogP) is 3.02. The van der Waals surface area contributed by atoms with E-state index in [1.165, 1.54) is 20.3 Å². The molecular weight excluding hydrogens is 388 g/mol. The van der Waals surface area contributed by atoms with Gasteiger partial charge in [-0.2, -0.15) is 0 Å². The molecule has 2 heterocycles. The van der Waals surface area contributed by atoms with E-state index in [0.29, 0.717) is 11.5 Å². The Hall–Kier alpha value is -2.61. The van der Waals surface area contributed by atoms with E-state index in [4.69, 9.17) is 18.6 Å². The van der Waals surface area contributed by atoms with E-state index >= 15 is 0 Å². The van der Waals surface area contributed by atoms with Gasteiger partial charge in [0.2, 0.25) is 5.75 Å². The minimum Gasteiger partial charge on any atom is -0.492 e. The van der Waals surface area contributed by atoms with Gasteiger partial charge in [-0.25, -0.2) is 4.79 Å². The van der Waals surface area contributed by atoms with Gasteiger partial charge in [0.15, 0.2) is 11.5 Å². The van der Waals surface area contributed by atoms with Crippen LogP contribution in [0.2, 0.25) is 0 Å². The molecule has 0 spiro atoms. The van der Waals surface area contributed by atoms with Crippen LogP contribution in [-0.4, -0.2) is 47.8 Å². The second kappa shape index (κ2) is 9.47. The molecule has 1 saturated heterocycles. The fraction of sp³-hybridized carbons (Fsp3) is 0.435. The Morgan fingerprint density at radius 1 is 1.17 bits per heavy atom. The molecule has 0 amide bonds. The van der Waals surface area contributed by atoms with Gasteiger partial charge >= 0.3 is 5.63 Å². The topological polar surface area (TPSA) is 98.4 Å². The molecule has 0 saturated carbocycles. The van der Waals surface area contributed by atoms with Crippen LogP contribution in [0.3, 0.4) is 0 Å². The Balaban J connectivity index is 2.07. The number of allylic oxidation sites excluding steroid dienone is 6. The normalized spacial score (nSPS) is 30.1. The first kappa shape index (κ1) is 23.7. The molecule has 7 nitrogen and oxygen atoms in total. The Morgan fingerprint density at radius 2 is 1.83 bits per heavy atom. The zero-order valence-electron chi connectivity index (χ0n) is 18.2. The van der Waals surface area contributed by atoms with Gasteiger partial charge in [0.05, 0.1) is 26.4 Å². The van der Waals surface area contributed by atoms with E-state index in [-0.39, 0.29) is 5.76 Å². The maximum Gasteiger partial charge on any atom is 0.340 e. The molecule has 1 aliphatic heterocycles. The summed E-state index contributed by atoms with van der Waals surface area (Å²) >= 11 is 0. The predicted molar refractivity (Wildman–Crippen MR) is 115 cm³/mol. The largest absolute Gasteiger partial charge is 0.492 e. The first-order chi connectivity index (χ1) is 14.0. The molecule has 0 aliphatic carbocycles. The van der Waals surface area contributed by atoms with Gasteiger partial charge < -0.3 is 28.8 Å². The molecule has 1 aliphatic rings. The molecule has 0 bridgehead atoms. The van der Waals surface area contributed by atoms with Crippen LogP contribution in [0.15, 0.2) is 57.3 Å². The SMILES string of the molecule is COc1cc(=O)oc(/C=C/C=C/C=C/C(C)=C/C2(C)OC(C)C(C)(O)C2O)c1OC. The van der Waals surface area contributed by atoms with Crippen LogP contribution in [0.1, 0.15) is 33.5 Å². The number of ether oxygens (including phenoxy) is 3. The smallest absolute Gasteiger partial charge is 0.340 e. The van der Waals surface area contributed by atoms with Crippen LogP contribution in [0, 0.1) is 0 Å². The molecule has 4 unspecified atom stereocenters. The third kappa shape index (κ3) is 5.11. The lowest BCUT2D eigenvalue weighted by molar-refractivity contribution is -0.0579. The van der Waals surface area contributed by atoms with Crippen LogP contribution >= 0.6 is 0 Å². The summed E-state index contributed by atoms with van der Waals surface area (Å²) in [6.07, 6.45) is 10.8. The van der Waals surface area contributed by atoms with Gasteiger partial charge in [0.25, 0.3) is 0 Å². The Morgan fingerprint density at radius 3 is 2.40 bits per heavy atom. The van der Waals surface area contributed by atoms with E-state index < -0.39 is 29.0 Å². The highest BCUT2D eigenvalue weighted by Gasteiger charge is 2.55. The van der Waals surface area contributed by atoms with Crippen molar-refractivity contribution in [1.29, 1.82) is 0 Å². The quantitative estimate of drug-likeness (QED) is 0.657. The highest BCUT2D eigenvalue weighted by atomic mass is 16.6. The highest BCUT2D eigenvalue weighted by molar-refractivity contribution is 5.57. The van der Waals surface area contributed by atoms with E-state index in [0.717, 1.165) is 5.57 Å². The fourth-order valence-electron chi connectivity index (χ4n) is 3.40. The molecule has 1 fully saturated rings. The van der Waals surface area contributed by atoms with Crippen LogP contribution in [0.25, 0.3) is 6.08 Å². The lowest BCUT2D eigenvalue weighted by atomic mass is 9.86. The molecule has 2 N–H and O–H groups in total. The minimum atomic E-state index is -1.31. The van der Waals surface area contributed by atoms with Gasteiger partial charge in [-0.15, -0.1) is 0 Å². The molecule has 0 radical (unpaired) electrons. The van der Waals surface area contributed by atoms with Crippen molar-refractivity contribution in [2.45, 2.75) is 51.1 Å². The summed E-state index contributed by atoms with van der Waals surface area (Å²) in [6, 6.07) is 1.22. The Kier molecular flexibility index (Phi) is 7.47. The molecule has 1 aromatic rings. The summed E-state index contributed by atoms with van der Waals surface area (Å²) in [5.74, 6) is 0.897. The minimum absolute atomic E-state index is 0.257. The molecule has 1 aromatic heterocycles. The Labute approximate surface area is 176 Å². The number of aliphatic hydroxyl groups excluding tert-OH is 1. The lowest BCUT2D eigenvalue weighted by Gasteiger charge is -2.28. The number of methoxy groups -OCH3 is 2. The van der Waals surface area contributed by atoms with Gasteiger partial charge in [0.1, 0.15) is 17.3 Å². The van der Waals surface area contributed by atoms with Gasteiger partial charge in [0, 0.05) is 0 Å². The average Bonchev–Trinajstić information content (AvgIpc) is 2.83. The van der Waals surface area contributed by atoms with Crippen molar-refractivity contribution >= 4 is 6.08 Å². The van der Waals surface area contributed by atoms with Crippen molar-refractivity contribution in [1.82, 2.24) is 0 Å². The van der Waals surface area contributed by atoms with Crippen molar-refractivity contribution in [2.75, 3.05) is 14.2 Å². The van der Waals surface area contributed by atoms with Crippen molar-refractivity contribution < 1.29 is 28.8 Å². The monoisotopic (exact) mass is 418 g/mol. The zero-order chi connectivity index (χ0) is 22.5. The van der Waals surface area contributed by atoms with Crippen molar-refractivity contribution in [3.63, 3.8) is 0 Å².